The average molecular weight is 309 g/mol. The van der Waals surface area contributed by atoms with E-state index in [9.17, 15) is 9.50 Å². The molecule has 0 spiro atoms. The molecule has 0 aromatic heterocycles. The standard InChI is InChI=1S/C17H24FNO3/c18-16-4-2-1-3-15(16)17(7-8-17)19-11-13(20)12-22-14-5-9-21-10-6-14/h1-4,13-14,19-20H,5-12H2. The molecule has 2 fully saturated rings. The highest BCUT2D eigenvalue weighted by atomic mass is 19.1. The van der Waals surface area contributed by atoms with Gasteiger partial charge in [-0.3, -0.25) is 0 Å². The fraction of sp³-hybridized carbons (Fsp3) is 0.647. The summed E-state index contributed by atoms with van der Waals surface area (Å²) in [6.07, 6.45) is 3.19. The summed E-state index contributed by atoms with van der Waals surface area (Å²) in [5.41, 5.74) is 0.401. The van der Waals surface area contributed by atoms with Gasteiger partial charge >= 0.3 is 0 Å². The van der Waals surface area contributed by atoms with E-state index in [0.29, 0.717) is 18.7 Å². The Labute approximate surface area is 130 Å². The Balaban J connectivity index is 1.44. The van der Waals surface area contributed by atoms with Crippen LogP contribution in [-0.2, 0) is 15.0 Å². The van der Waals surface area contributed by atoms with Crippen molar-refractivity contribution >= 4 is 0 Å². The first-order valence-electron chi connectivity index (χ1n) is 8.07. The third-order valence-corrected chi connectivity index (χ3v) is 4.51. The SMILES string of the molecule is OC(CNC1(c2ccccc2F)CC1)COC1CCOCC1. The van der Waals surface area contributed by atoms with Crippen LogP contribution in [0.5, 0.6) is 0 Å². The second-order valence-corrected chi connectivity index (χ2v) is 6.24. The van der Waals surface area contributed by atoms with E-state index in [2.05, 4.69) is 5.32 Å². The van der Waals surface area contributed by atoms with Gasteiger partial charge in [0.05, 0.1) is 18.8 Å². The number of hydrogen-bond donors (Lipinski definition) is 2. The van der Waals surface area contributed by atoms with E-state index in [0.717, 1.165) is 38.9 Å². The van der Waals surface area contributed by atoms with Gasteiger partial charge in [-0.05, 0) is 31.7 Å². The Hall–Kier alpha value is -1.01. The van der Waals surface area contributed by atoms with Gasteiger partial charge in [-0.2, -0.15) is 0 Å². The number of benzene rings is 1. The van der Waals surface area contributed by atoms with Gasteiger partial charge in [-0.25, -0.2) is 4.39 Å². The van der Waals surface area contributed by atoms with Crippen LogP contribution >= 0.6 is 0 Å². The van der Waals surface area contributed by atoms with E-state index in [1.54, 1.807) is 6.07 Å². The lowest BCUT2D eigenvalue weighted by Gasteiger charge is -2.25. The van der Waals surface area contributed by atoms with Crippen molar-refractivity contribution in [3.63, 3.8) is 0 Å². The molecule has 122 valence electrons. The Bertz CT molecular complexity index is 487. The van der Waals surface area contributed by atoms with Crippen molar-refractivity contribution in [1.82, 2.24) is 5.32 Å². The van der Waals surface area contributed by atoms with Crippen molar-refractivity contribution < 1.29 is 19.0 Å². The molecular weight excluding hydrogens is 285 g/mol. The third kappa shape index (κ3) is 3.84. The topological polar surface area (TPSA) is 50.7 Å². The number of hydrogen-bond acceptors (Lipinski definition) is 4. The fourth-order valence-corrected chi connectivity index (χ4v) is 2.98. The maximum atomic E-state index is 13.9. The van der Waals surface area contributed by atoms with Crippen LogP contribution in [-0.4, -0.2) is 43.7 Å². The molecule has 1 heterocycles. The number of ether oxygens (including phenoxy) is 2. The van der Waals surface area contributed by atoms with Gasteiger partial charge in [0.25, 0.3) is 0 Å². The van der Waals surface area contributed by atoms with Gasteiger partial charge in [0.1, 0.15) is 5.82 Å². The number of nitrogens with one attached hydrogen (secondary N) is 1. The summed E-state index contributed by atoms with van der Waals surface area (Å²) in [7, 11) is 0. The molecule has 2 aliphatic rings. The first kappa shape index (κ1) is 15.9. The lowest BCUT2D eigenvalue weighted by molar-refractivity contribution is -0.0590. The molecule has 1 aromatic carbocycles. The normalized spacial score (nSPS) is 22.5. The highest BCUT2D eigenvalue weighted by Crippen LogP contribution is 2.46. The van der Waals surface area contributed by atoms with Crippen LogP contribution in [0.15, 0.2) is 24.3 Å². The summed E-state index contributed by atoms with van der Waals surface area (Å²) in [5, 5.41) is 13.4. The van der Waals surface area contributed by atoms with Crippen molar-refractivity contribution in [3.05, 3.63) is 35.6 Å². The van der Waals surface area contributed by atoms with Crippen LogP contribution in [0.1, 0.15) is 31.2 Å². The van der Waals surface area contributed by atoms with Gasteiger partial charge in [0.15, 0.2) is 0 Å². The van der Waals surface area contributed by atoms with Gasteiger partial charge < -0.3 is 19.9 Å². The number of aliphatic hydroxyl groups is 1. The highest BCUT2D eigenvalue weighted by Gasteiger charge is 2.45. The third-order valence-electron chi connectivity index (χ3n) is 4.51. The number of aliphatic hydroxyl groups excluding tert-OH is 1. The molecule has 0 amide bonds. The van der Waals surface area contributed by atoms with E-state index >= 15 is 0 Å². The quantitative estimate of drug-likeness (QED) is 0.808. The van der Waals surface area contributed by atoms with E-state index in [1.165, 1.54) is 6.07 Å². The molecule has 1 saturated heterocycles. The van der Waals surface area contributed by atoms with E-state index in [-0.39, 0.29) is 17.5 Å². The molecule has 0 radical (unpaired) electrons. The summed E-state index contributed by atoms with van der Waals surface area (Å²) in [6.45, 7) is 2.19. The van der Waals surface area contributed by atoms with E-state index < -0.39 is 6.10 Å². The van der Waals surface area contributed by atoms with Crippen LogP contribution < -0.4 is 5.32 Å². The number of halogens is 1. The van der Waals surface area contributed by atoms with Crippen LogP contribution in [0.25, 0.3) is 0 Å². The van der Waals surface area contributed by atoms with Crippen LogP contribution in [0.3, 0.4) is 0 Å². The molecule has 1 saturated carbocycles. The van der Waals surface area contributed by atoms with Crippen molar-refractivity contribution in [3.8, 4) is 0 Å². The summed E-state index contributed by atoms with van der Waals surface area (Å²) in [5.74, 6) is -0.180. The Morgan fingerprint density at radius 1 is 1.32 bits per heavy atom. The van der Waals surface area contributed by atoms with Gasteiger partial charge in [-0.1, -0.05) is 18.2 Å². The summed E-state index contributed by atoms with van der Waals surface area (Å²) < 4.78 is 24.9. The maximum absolute atomic E-state index is 13.9. The second kappa shape index (κ2) is 7.04. The molecule has 1 aromatic rings. The average Bonchev–Trinajstić information content (AvgIpc) is 3.33. The largest absolute Gasteiger partial charge is 0.389 e. The monoisotopic (exact) mass is 309 g/mol. The molecule has 1 aliphatic carbocycles. The maximum Gasteiger partial charge on any atom is 0.128 e. The molecule has 1 aliphatic heterocycles. The predicted octanol–water partition coefficient (Wildman–Crippen LogP) is 1.96. The van der Waals surface area contributed by atoms with Crippen molar-refractivity contribution in [2.75, 3.05) is 26.4 Å². The van der Waals surface area contributed by atoms with Gasteiger partial charge in [-0.15, -0.1) is 0 Å². The fourth-order valence-electron chi connectivity index (χ4n) is 2.98. The van der Waals surface area contributed by atoms with E-state index in [1.807, 2.05) is 12.1 Å². The Morgan fingerprint density at radius 3 is 2.73 bits per heavy atom. The molecule has 3 rings (SSSR count). The smallest absolute Gasteiger partial charge is 0.128 e. The first-order valence-corrected chi connectivity index (χ1v) is 8.07. The van der Waals surface area contributed by atoms with Crippen LogP contribution in [0, 0.1) is 5.82 Å². The van der Waals surface area contributed by atoms with Crippen molar-refractivity contribution in [1.29, 1.82) is 0 Å². The summed E-state index contributed by atoms with van der Waals surface area (Å²) >= 11 is 0. The molecule has 0 bridgehead atoms. The molecular formula is C17H24FNO3. The van der Waals surface area contributed by atoms with Gasteiger partial charge in [0.2, 0.25) is 0 Å². The lowest BCUT2D eigenvalue weighted by atomic mass is 10.0. The molecule has 22 heavy (non-hydrogen) atoms. The minimum atomic E-state index is -0.577. The minimum absolute atomic E-state index is 0.180. The molecule has 5 heteroatoms. The summed E-state index contributed by atoms with van der Waals surface area (Å²) in [4.78, 5) is 0. The lowest BCUT2D eigenvalue weighted by Crippen LogP contribution is -2.39. The second-order valence-electron chi connectivity index (χ2n) is 6.24. The molecule has 1 unspecified atom stereocenters. The first-order chi connectivity index (χ1) is 10.7. The van der Waals surface area contributed by atoms with Crippen molar-refractivity contribution in [2.45, 2.75) is 43.4 Å². The van der Waals surface area contributed by atoms with E-state index in [4.69, 9.17) is 9.47 Å². The minimum Gasteiger partial charge on any atom is -0.389 e. The van der Waals surface area contributed by atoms with Crippen molar-refractivity contribution in [2.24, 2.45) is 0 Å². The zero-order valence-electron chi connectivity index (χ0n) is 12.8. The Kier molecular flexibility index (Phi) is 5.08. The summed E-state index contributed by atoms with van der Waals surface area (Å²) in [6, 6.07) is 6.86. The molecule has 4 nitrogen and oxygen atoms in total. The van der Waals surface area contributed by atoms with Gasteiger partial charge in [0, 0.05) is 30.9 Å². The van der Waals surface area contributed by atoms with Crippen LogP contribution in [0.4, 0.5) is 4.39 Å². The molecule has 1 atom stereocenters. The zero-order chi connectivity index (χ0) is 15.4. The Morgan fingerprint density at radius 2 is 2.05 bits per heavy atom. The van der Waals surface area contributed by atoms with Crippen LogP contribution in [0.2, 0.25) is 0 Å². The predicted molar refractivity (Wildman–Crippen MR) is 81.1 cm³/mol. The zero-order valence-corrected chi connectivity index (χ0v) is 12.8. The highest BCUT2D eigenvalue weighted by molar-refractivity contribution is 5.31. The number of rotatable bonds is 7. The molecule has 2 N–H and O–H groups in total.